The third kappa shape index (κ3) is 3.01. The van der Waals surface area contributed by atoms with Gasteiger partial charge in [-0.25, -0.2) is 4.98 Å². The van der Waals surface area contributed by atoms with Gasteiger partial charge >= 0.3 is 6.55 Å². The molecule has 1 aromatic heterocycles. The summed E-state index contributed by atoms with van der Waals surface area (Å²) in [4.78, 5) is 20.7. The Hall–Kier alpha value is -2.02. The molecular weight excluding hydrogens is 326 g/mol. The summed E-state index contributed by atoms with van der Waals surface area (Å²) in [5.74, 6) is 0.872. The highest BCUT2D eigenvalue weighted by atomic mass is 19.3. The Morgan fingerprint density at radius 3 is 2.48 bits per heavy atom. The third-order valence-corrected chi connectivity index (χ3v) is 5.29. The number of rotatable bonds is 4. The number of fused-ring (bicyclic) bond motifs is 1. The zero-order chi connectivity index (χ0) is 17.6. The van der Waals surface area contributed by atoms with E-state index in [4.69, 9.17) is 0 Å². The van der Waals surface area contributed by atoms with Gasteiger partial charge in [0.1, 0.15) is 5.82 Å². The van der Waals surface area contributed by atoms with Gasteiger partial charge in [0.25, 0.3) is 0 Å². The van der Waals surface area contributed by atoms with Crippen molar-refractivity contribution < 1.29 is 13.6 Å². The molecular formula is C18H22F2N4O. The lowest BCUT2D eigenvalue weighted by Gasteiger charge is -2.38. The number of piperazine rings is 1. The Balaban J connectivity index is 1.53. The van der Waals surface area contributed by atoms with Gasteiger partial charge in [-0.3, -0.25) is 14.3 Å². The Morgan fingerprint density at radius 1 is 1.16 bits per heavy atom. The summed E-state index contributed by atoms with van der Waals surface area (Å²) < 4.78 is 28.3. The van der Waals surface area contributed by atoms with Crippen molar-refractivity contribution >= 4 is 16.9 Å². The second-order valence-electron chi connectivity index (χ2n) is 6.92. The monoisotopic (exact) mass is 348 g/mol. The van der Waals surface area contributed by atoms with E-state index < -0.39 is 6.55 Å². The SMILES string of the molecule is C[C@@H](c1nc2ccccc2n1C(F)F)N1CCN(C(=O)C2CC2)CC1. The average molecular weight is 348 g/mol. The first-order valence-electron chi connectivity index (χ1n) is 8.84. The molecule has 2 fully saturated rings. The van der Waals surface area contributed by atoms with E-state index in [-0.39, 0.29) is 17.9 Å². The van der Waals surface area contributed by atoms with Gasteiger partial charge in [0.05, 0.1) is 17.1 Å². The van der Waals surface area contributed by atoms with E-state index in [1.807, 2.05) is 17.9 Å². The Kier molecular flexibility index (Phi) is 4.19. The Labute approximate surface area is 145 Å². The van der Waals surface area contributed by atoms with E-state index >= 15 is 0 Å². The van der Waals surface area contributed by atoms with E-state index in [0.29, 0.717) is 43.0 Å². The normalized spacial score (nSPS) is 20.4. The summed E-state index contributed by atoms with van der Waals surface area (Å²) in [5, 5.41) is 0. The molecule has 1 saturated heterocycles. The van der Waals surface area contributed by atoms with Crippen LogP contribution in [0.25, 0.3) is 11.0 Å². The van der Waals surface area contributed by atoms with Crippen LogP contribution >= 0.6 is 0 Å². The number of alkyl halides is 2. The molecule has 0 bridgehead atoms. The number of para-hydroxylation sites is 2. The van der Waals surface area contributed by atoms with Crippen molar-refractivity contribution in [3.05, 3.63) is 30.1 Å². The van der Waals surface area contributed by atoms with E-state index in [2.05, 4.69) is 9.88 Å². The molecule has 2 aromatic rings. The number of imidazole rings is 1. The largest absolute Gasteiger partial charge is 0.340 e. The van der Waals surface area contributed by atoms with Crippen LogP contribution in [0.5, 0.6) is 0 Å². The van der Waals surface area contributed by atoms with Gasteiger partial charge in [-0.05, 0) is 31.9 Å². The van der Waals surface area contributed by atoms with E-state index in [1.54, 1.807) is 18.2 Å². The average Bonchev–Trinajstić information content (AvgIpc) is 3.40. The molecule has 1 saturated carbocycles. The van der Waals surface area contributed by atoms with Gasteiger partial charge in [-0.15, -0.1) is 0 Å². The first-order chi connectivity index (χ1) is 12.1. The third-order valence-electron chi connectivity index (χ3n) is 5.29. The number of amides is 1. The van der Waals surface area contributed by atoms with E-state index in [0.717, 1.165) is 17.4 Å². The maximum absolute atomic E-state index is 13.6. The lowest BCUT2D eigenvalue weighted by molar-refractivity contribution is -0.134. The molecule has 2 heterocycles. The lowest BCUT2D eigenvalue weighted by atomic mass is 10.2. The maximum Gasteiger partial charge on any atom is 0.320 e. The zero-order valence-corrected chi connectivity index (χ0v) is 14.2. The smallest absolute Gasteiger partial charge is 0.320 e. The highest BCUT2D eigenvalue weighted by molar-refractivity contribution is 5.81. The van der Waals surface area contributed by atoms with Crippen LogP contribution in [0.4, 0.5) is 8.78 Å². The van der Waals surface area contributed by atoms with Gasteiger partial charge in [-0.1, -0.05) is 12.1 Å². The number of hydrogen-bond acceptors (Lipinski definition) is 3. The molecule has 0 radical (unpaired) electrons. The molecule has 1 aliphatic heterocycles. The summed E-state index contributed by atoms with van der Waals surface area (Å²) in [6.45, 7) is 1.99. The van der Waals surface area contributed by atoms with Crippen LogP contribution in [0.1, 0.15) is 38.2 Å². The molecule has 134 valence electrons. The minimum absolute atomic E-state index is 0.223. The summed E-state index contributed by atoms with van der Waals surface area (Å²) in [5.41, 5.74) is 1.05. The number of halogens is 2. The van der Waals surface area contributed by atoms with Crippen molar-refractivity contribution in [3.63, 3.8) is 0 Å². The zero-order valence-electron chi connectivity index (χ0n) is 14.2. The number of benzene rings is 1. The van der Waals surface area contributed by atoms with Crippen molar-refractivity contribution in [1.82, 2.24) is 19.4 Å². The van der Waals surface area contributed by atoms with E-state index in [1.165, 1.54) is 0 Å². The fraction of sp³-hybridized carbons (Fsp3) is 0.556. The fourth-order valence-electron chi connectivity index (χ4n) is 3.64. The molecule has 5 nitrogen and oxygen atoms in total. The molecule has 1 aromatic carbocycles. The van der Waals surface area contributed by atoms with Crippen molar-refractivity contribution in [2.24, 2.45) is 5.92 Å². The van der Waals surface area contributed by atoms with Crippen LogP contribution in [0.3, 0.4) is 0 Å². The summed E-state index contributed by atoms with van der Waals surface area (Å²) >= 11 is 0. The van der Waals surface area contributed by atoms with Gasteiger partial charge in [0.15, 0.2) is 0 Å². The fourth-order valence-corrected chi connectivity index (χ4v) is 3.64. The molecule has 1 atom stereocenters. The summed E-state index contributed by atoms with van der Waals surface area (Å²) in [6, 6.07) is 6.77. The van der Waals surface area contributed by atoms with Crippen molar-refractivity contribution in [2.75, 3.05) is 26.2 Å². The summed E-state index contributed by atoms with van der Waals surface area (Å²) in [7, 11) is 0. The van der Waals surface area contributed by atoms with Crippen LogP contribution in [-0.2, 0) is 4.79 Å². The second kappa shape index (κ2) is 6.37. The topological polar surface area (TPSA) is 41.4 Å². The number of carbonyl (C=O) groups excluding carboxylic acids is 1. The van der Waals surface area contributed by atoms with E-state index in [9.17, 15) is 13.6 Å². The quantitative estimate of drug-likeness (QED) is 0.853. The molecule has 2 aliphatic rings. The van der Waals surface area contributed by atoms with Gasteiger partial charge in [0, 0.05) is 32.1 Å². The lowest BCUT2D eigenvalue weighted by Crippen LogP contribution is -2.50. The molecule has 4 rings (SSSR count). The standard InChI is InChI=1S/C18H22F2N4O/c1-12(22-8-10-23(11-9-22)17(25)13-6-7-13)16-21-14-4-2-3-5-15(14)24(16)18(19)20/h2-5,12-13,18H,6-11H2,1H3/t12-/m0/s1. The van der Waals surface area contributed by atoms with Crippen LogP contribution in [0.2, 0.25) is 0 Å². The van der Waals surface area contributed by atoms with Crippen molar-refractivity contribution in [2.45, 2.75) is 32.4 Å². The molecule has 25 heavy (non-hydrogen) atoms. The number of nitrogens with zero attached hydrogens (tertiary/aromatic N) is 4. The second-order valence-corrected chi connectivity index (χ2v) is 6.92. The number of hydrogen-bond donors (Lipinski definition) is 0. The minimum atomic E-state index is -2.62. The molecule has 1 amide bonds. The highest BCUT2D eigenvalue weighted by Gasteiger charge is 2.36. The molecule has 0 N–H and O–H groups in total. The summed E-state index contributed by atoms with van der Waals surface area (Å²) in [6.07, 6.45) is 2.02. The number of carbonyl (C=O) groups is 1. The Bertz CT molecular complexity index is 778. The predicted octanol–water partition coefficient (Wildman–Crippen LogP) is 3.05. The van der Waals surface area contributed by atoms with Crippen LogP contribution < -0.4 is 0 Å². The first-order valence-corrected chi connectivity index (χ1v) is 8.84. The van der Waals surface area contributed by atoms with Gasteiger partial charge in [0.2, 0.25) is 5.91 Å². The molecule has 1 aliphatic carbocycles. The first kappa shape index (κ1) is 16.4. The minimum Gasteiger partial charge on any atom is -0.340 e. The highest BCUT2D eigenvalue weighted by Crippen LogP contribution is 2.33. The number of aromatic nitrogens is 2. The predicted molar refractivity (Wildman–Crippen MR) is 90.3 cm³/mol. The molecule has 0 spiro atoms. The van der Waals surface area contributed by atoms with Crippen LogP contribution in [-0.4, -0.2) is 51.4 Å². The van der Waals surface area contributed by atoms with Gasteiger partial charge in [-0.2, -0.15) is 8.78 Å². The Morgan fingerprint density at radius 2 is 1.84 bits per heavy atom. The maximum atomic E-state index is 13.6. The van der Waals surface area contributed by atoms with Crippen molar-refractivity contribution in [3.8, 4) is 0 Å². The van der Waals surface area contributed by atoms with Crippen molar-refractivity contribution in [1.29, 1.82) is 0 Å². The molecule has 7 heteroatoms. The van der Waals surface area contributed by atoms with Gasteiger partial charge < -0.3 is 4.90 Å². The van der Waals surface area contributed by atoms with Crippen LogP contribution in [0.15, 0.2) is 24.3 Å². The molecule has 0 unspecified atom stereocenters. The van der Waals surface area contributed by atoms with Crippen LogP contribution in [0, 0.1) is 5.92 Å².